The third kappa shape index (κ3) is 6.08. The van der Waals surface area contributed by atoms with Crippen LogP contribution >= 0.6 is 11.3 Å². The van der Waals surface area contributed by atoms with Crippen LogP contribution in [0.4, 0.5) is 24.5 Å². The van der Waals surface area contributed by atoms with Crippen molar-refractivity contribution in [3.63, 3.8) is 0 Å². The molecule has 0 aliphatic rings. The van der Waals surface area contributed by atoms with Gasteiger partial charge >= 0.3 is 6.18 Å². The molecule has 2 N–H and O–H groups in total. The molecular formula is C27H24F3N3OS. The van der Waals surface area contributed by atoms with Gasteiger partial charge in [-0.1, -0.05) is 24.3 Å². The zero-order valence-corrected chi connectivity index (χ0v) is 20.1. The Balaban J connectivity index is 1.45. The normalized spacial score (nSPS) is 11.3. The molecular weight excluding hydrogens is 471 g/mol. The van der Waals surface area contributed by atoms with E-state index in [1.807, 2.05) is 32.0 Å². The lowest BCUT2D eigenvalue weighted by atomic mass is 9.94. The number of hydrogen-bond acceptors (Lipinski definition) is 4. The number of aromatic nitrogens is 1. The van der Waals surface area contributed by atoms with Crippen LogP contribution in [0.3, 0.4) is 0 Å². The quantitative estimate of drug-likeness (QED) is 0.282. The number of amides is 1. The minimum Gasteiger partial charge on any atom is -0.385 e. The van der Waals surface area contributed by atoms with Gasteiger partial charge in [0.15, 0.2) is 0 Å². The minimum atomic E-state index is -4.41. The molecule has 0 bridgehead atoms. The highest BCUT2D eigenvalue weighted by Crippen LogP contribution is 2.33. The molecule has 0 fully saturated rings. The predicted octanol–water partition coefficient (Wildman–Crippen LogP) is 7.35. The van der Waals surface area contributed by atoms with Crippen LogP contribution in [-0.4, -0.2) is 17.4 Å². The van der Waals surface area contributed by atoms with Crippen molar-refractivity contribution in [2.75, 3.05) is 17.2 Å². The summed E-state index contributed by atoms with van der Waals surface area (Å²) in [4.78, 5) is 17.5. The largest absolute Gasteiger partial charge is 0.416 e. The van der Waals surface area contributed by atoms with Gasteiger partial charge in [0.25, 0.3) is 5.91 Å². The number of nitrogens with zero attached hydrogens (tertiary/aromatic N) is 1. The summed E-state index contributed by atoms with van der Waals surface area (Å²) in [5.74, 6) is -0.330. The Morgan fingerprint density at radius 3 is 2.26 bits per heavy atom. The number of benzene rings is 3. The molecule has 1 aromatic heterocycles. The van der Waals surface area contributed by atoms with E-state index in [4.69, 9.17) is 0 Å². The molecule has 0 radical (unpaired) electrons. The van der Waals surface area contributed by atoms with Crippen LogP contribution in [-0.2, 0) is 12.6 Å². The number of carbonyl (C=O) groups excluding carboxylic acids is 1. The van der Waals surface area contributed by atoms with Crippen molar-refractivity contribution >= 4 is 28.6 Å². The van der Waals surface area contributed by atoms with Crippen LogP contribution in [0.2, 0.25) is 0 Å². The third-order valence-electron chi connectivity index (χ3n) is 5.54. The van der Waals surface area contributed by atoms with E-state index < -0.39 is 11.7 Å². The second-order valence-electron chi connectivity index (χ2n) is 8.14. The van der Waals surface area contributed by atoms with E-state index in [0.717, 1.165) is 47.1 Å². The number of hydrogen-bond donors (Lipinski definition) is 2. The summed E-state index contributed by atoms with van der Waals surface area (Å²) in [6, 6.07) is 17.5. The zero-order chi connectivity index (χ0) is 25.0. The summed E-state index contributed by atoms with van der Waals surface area (Å²) < 4.78 is 38.9. The Morgan fingerprint density at radius 1 is 0.943 bits per heavy atom. The summed E-state index contributed by atoms with van der Waals surface area (Å²) >= 11 is 1.63. The van der Waals surface area contributed by atoms with E-state index in [0.29, 0.717) is 22.4 Å². The minimum absolute atomic E-state index is 0.330. The third-order valence-corrected chi connectivity index (χ3v) is 6.36. The predicted molar refractivity (Wildman–Crippen MR) is 135 cm³/mol. The highest BCUT2D eigenvalue weighted by molar-refractivity contribution is 7.09. The van der Waals surface area contributed by atoms with E-state index in [-0.39, 0.29) is 5.91 Å². The molecule has 180 valence electrons. The van der Waals surface area contributed by atoms with Crippen LogP contribution in [0.1, 0.15) is 32.2 Å². The number of aryl methyl sites for hydroxylation is 2. The molecule has 0 aliphatic heterocycles. The maximum absolute atomic E-state index is 13.1. The molecule has 1 heterocycles. The average molecular weight is 496 g/mol. The lowest BCUT2D eigenvalue weighted by Crippen LogP contribution is -2.14. The van der Waals surface area contributed by atoms with Crippen molar-refractivity contribution in [2.45, 2.75) is 26.4 Å². The standard InChI is InChI=1S/C27H24F3N3OS/c1-17-4-3-5-24(25(17)19-6-8-20(9-7-19)27(28,29)30)26(34)33-22-12-10-21(11-13-22)31-15-14-23-16-35-18(2)32-23/h3-13,16,31H,14-15H2,1-2H3,(H,33,34). The number of carbonyl (C=O) groups is 1. The van der Waals surface area contributed by atoms with E-state index in [2.05, 4.69) is 21.0 Å². The van der Waals surface area contributed by atoms with Crippen molar-refractivity contribution in [1.29, 1.82) is 0 Å². The number of halogens is 3. The van der Waals surface area contributed by atoms with Crippen LogP contribution in [0.5, 0.6) is 0 Å². The molecule has 0 saturated carbocycles. The van der Waals surface area contributed by atoms with Crippen molar-refractivity contribution in [2.24, 2.45) is 0 Å². The van der Waals surface area contributed by atoms with E-state index >= 15 is 0 Å². The number of alkyl halides is 3. The summed E-state index contributed by atoms with van der Waals surface area (Å²) in [7, 11) is 0. The Kier molecular flexibility index (Phi) is 7.21. The fourth-order valence-corrected chi connectivity index (χ4v) is 4.44. The van der Waals surface area contributed by atoms with Crippen molar-refractivity contribution in [3.05, 3.63) is 99.5 Å². The lowest BCUT2D eigenvalue weighted by Gasteiger charge is -2.15. The van der Waals surface area contributed by atoms with Crippen molar-refractivity contribution < 1.29 is 18.0 Å². The molecule has 0 atom stereocenters. The Bertz CT molecular complexity index is 1310. The fourth-order valence-electron chi connectivity index (χ4n) is 3.79. The molecule has 1 amide bonds. The second kappa shape index (κ2) is 10.3. The summed E-state index contributed by atoms with van der Waals surface area (Å²) in [5.41, 5.74) is 4.23. The van der Waals surface area contributed by atoms with Crippen molar-refractivity contribution in [1.82, 2.24) is 4.98 Å². The maximum atomic E-state index is 13.1. The molecule has 0 saturated heterocycles. The first kappa shape index (κ1) is 24.5. The Labute approximate surface area is 205 Å². The van der Waals surface area contributed by atoms with Gasteiger partial charge < -0.3 is 10.6 Å². The van der Waals surface area contributed by atoms with Gasteiger partial charge in [-0.25, -0.2) is 4.98 Å². The fraction of sp³-hybridized carbons (Fsp3) is 0.185. The SMILES string of the molecule is Cc1nc(CCNc2ccc(NC(=O)c3cccc(C)c3-c3ccc(C(F)(F)F)cc3)cc2)cs1. The van der Waals surface area contributed by atoms with Gasteiger partial charge in [-0.3, -0.25) is 4.79 Å². The molecule has 8 heteroatoms. The van der Waals surface area contributed by atoms with Gasteiger partial charge in [0.1, 0.15) is 0 Å². The number of thiazole rings is 1. The first-order valence-electron chi connectivity index (χ1n) is 11.0. The number of anilines is 2. The second-order valence-corrected chi connectivity index (χ2v) is 9.20. The molecule has 35 heavy (non-hydrogen) atoms. The van der Waals surface area contributed by atoms with Gasteiger partial charge in [0, 0.05) is 35.3 Å². The molecule has 4 nitrogen and oxygen atoms in total. The van der Waals surface area contributed by atoms with Crippen LogP contribution in [0.15, 0.2) is 72.1 Å². The average Bonchev–Trinajstić information content (AvgIpc) is 3.24. The van der Waals surface area contributed by atoms with Crippen molar-refractivity contribution in [3.8, 4) is 11.1 Å². The first-order valence-corrected chi connectivity index (χ1v) is 11.9. The highest BCUT2D eigenvalue weighted by atomic mass is 32.1. The topological polar surface area (TPSA) is 54.0 Å². The van der Waals surface area contributed by atoms with Gasteiger partial charge in [-0.2, -0.15) is 13.2 Å². The molecule has 0 spiro atoms. The van der Waals surface area contributed by atoms with E-state index in [9.17, 15) is 18.0 Å². The molecule has 3 aromatic carbocycles. The van der Waals surface area contributed by atoms with Gasteiger partial charge in [0.2, 0.25) is 0 Å². The Morgan fingerprint density at radius 2 is 1.63 bits per heavy atom. The highest BCUT2D eigenvalue weighted by Gasteiger charge is 2.30. The van der Waals surface area contributed by atoms with E-state index in [1.165, 1.54) is 12.1 Å². The number of rotatable bonds is 7. The van der Waals surface area contributed by atoms with Gasteiger partial charge in [-0.05, 0) is 73.0 Å². The number of nitrogens with one attached hydrogen (secondary N) is 2. The summed E-state index contributed by atoms with van der Waals surface area (Å²) in [6.45, 7) is 4.56. The molecule has 0 unspecified atom stereocenters. The smallest absolute Gasteiger partial charge is 0.385 e. The lowest BCUT2D eigenvalue weighted by molar-refractivity contribution is -0.137. The van der Waals surface area contributed by atoms with Crippen LogP contribution < -0.4 is 10.6 Å². The Hall–Kier alpha value is -3.65. The molecule has 4 rings (SSSR count). The monoisotopic (exact) mass is 495 g/mol. The van der Waals surface area contributed by atoms with E-state index in [1.54, 1.807) is 35.6 Å². The molecule has 0 aliphatic carbocycles. The first-order chi connectivity index (χ1) is 16.7. The zero-order valence-electron chi connectivity index (χ0n) is 19.2. The van der Waals surface area contributed by atoms with Crippen LogP contribution in [0.25, 0.3) is 11.1 Å². The van der Waals surface area contributed by atoms with Crippen LogP contribution in [0, 0.1) is 13.8 Å². The van der Waals surface area contributed by atoms with Gasteiger partial charge in [0.05, 0.1) is 16.3 Å². The summed E-state index contributed by atoms with van der Waals surface area (Å²) in [5, 5.41) is 9.33. The van der Waals surface area contributed by atoms with Gasteiger partial charge in [-0.15, -0.1) is 11.3 Å². The molecule has 4 aromatic rings. The maximum Gasteiger partial charge on any atom is 0.416 e. The summed E-state index contributed by atoms with van der Waals surface area (Å²) in [6.07, 6.45) is -3.59.